The van der Waals surface area contributed by atoms with E-state index in [2.05, 4.69) is 33.2 Å². The Kier molecular flexibility index (Phi) is 6.98. The zero-order valence-corrected chi connectivity index (χ0v) is 21.1. The molecular weight excluding hydrogens is 510 g/mol. The second kappa shape index (κ2) is 10.8. The van der Waals surface area contributed by atoms with E-state index < -0.39 is 6.03 Å². The van der Waals surface area contributed by atoms with E-state index in [4.69, 9.17) is 0 Å². The third kappa shape index (κ3) is 5.36. The number of hydrogen-bond donors (Lipinski definition) is 4. The predicted octanol–water partition coefficient (Wildman–Crippen LogP) is 4.77. The van der Waals surface area contributed by atoms with Crippen LogP contribution in [0.2, 0.25) is 0 Å². The molecule has 0 bridgehead atoms. The number of aromatic hydroxyl groups is 2. The van der Waals surface area contributed by atoms with E-state index in [0.29, 0.717) is 33.9 Å². The number of hydrogen-bond acceptors (Lipinski definition) is 8. The Bertz CT molecular complexity index is 1660. The van der Waals surface area contributed by atoms with E-state index in [1.54, 1.807) is 54.7 Å². The molecule has 40 heavy (non-hydrogen) atoms. The van der Waals surface area contributed by atoms with Crippen LogP contribution in [0, 0.1) is 11.3 Å². The smallest absolute Gasteiger partial charge is 0.330 e. The van der Waals surface area contributed by atoms with Crippen LogP contribution < -0.4 is 20.4 Å². The molecule has 0 saturated heterocycles. The number of carbonyl (C=O) groups is 2. The number of urea groups is 1. The predicted molar refractivity (Wildman–Crippen MR) is 149 cm³/mol. The van der Waals surface area contributed by atoms with Crippen molar-refractivity contribution < 1.29 is 19.8 Å². The summed E-state index contributed by atoms with van der Waals surface area (Å²) in [6, 6.07) is 19.5. The maximum atomic E-state index is 13.8. The molecule has 1 aliphatic heterocycles. The second-order valence-corrected chi connectivity index (χ2v) is 8.88. The molecule has 0 fully saturated rings. The number of amides is 3. The summed E-state index contributed by atoms with van der Waals surface area (Å²) < 4.78 is 0. The van der Waals surface area contributed by atoms with E-state index in [0.717, 1.165) is 6.08 Å². The highest BCUT2D eigenvalue weighted by Crippen LogP contribution is 2.35. The van der Waals surface area contributed by atoms with Crippen LogP contribution in [-0.4, -0.2) is 32.1 Å². The summed E-state index contributed by atoms with van der Waals surface area (Å²) in [6.07, 6.45) is 2.74. The third-order valence-electron chi connectivity index (χ3n) is 6.10. The topological polar surface area (TPSA) is 155 Å². The lowest BCUT2D eigenvalue weighted by molar-refractivity contribution is -0.111. The first kappa shape index (κ1) is 25.7. The van der Waals surface area contributed by atoms with Crippen LogP contribution in [0.15, 0.2) is 85.6 Å². The Hall–Kier alpha value is -5.89. The average Bonchev–Trinajstić information content (AvgIpc) is 2.95. The number of phenolic OH excluding ortho intramolecular Hbond substituents is 2. The van der Waals surface area contributed by atoms with Gasteiger partial charge in [-0.05, 0) is 35.9 Å². The second-order valence-electron chi connectivity index (χ2n) is 8.88. The van der Waals surface area contributed by atoms with Crippen molar-refractivity contribution in [2.24, 2.45) is 0 Å². The van der Waals surface area contributed by atoms with Gasteiger partial charge < -0.3 is 20.8 Å². The lowest BCUT2D eigenvalue weighted by Crippen LogP contribution is -2.47. The van der Waals surface area contributed by atoms with Gasteiger partial charge in [0.15, 0.2) is 0 Å². The van der Waals surface area contributed by atoms with Crippen molar-refractivity contribution in [3.8, 4) is 17.6 Å². The molecule has 0 atom stereocenters. The molecule has 0 saturated carbocycles. The SMILES string of the molecule is C=CC(=O)Nc1ccccc1Nc1ncc2c(n1)N(Cc1cccc(C#N)c1)C(=O)N(c1cc(O)cc(O)c1)C2. The molecule has 11 nitrogen and oxygen atoms in total. The minimum atomic E-state index is -0.455. The zero-order valence-electron chi connectivity index (χ0n) is 21.1. The van der Waals surface area contributed by atoms with E-state index in [1.165, 1.54) is 28.0 Å². The highest BCUT2D eigenvalue weighted by atomic mass is 16.3. The number of nitrogens with zero attached hydrogens (tertiary/aromatic N) is 5. The van der Waals surface area contributed by atoms with Gasteiger partial charge in [0.1, 0.15) is 17.3 Å². The lowest BCUT2D eigenvalue weighted by Gasteiger charge is -2.36. The van der Waals surface area contributed by atoms with E-state index in [9.17, 15) is 25.1 Å². The number of nitrogens with one attached hydrogen (secondary N) is 2. The fourth-order valence-corrected chi connectivity index (χ4v) is 4.28. The minimum absolute atomic E-state index is 0.0814. The molecule has 198 valence electrons. The molecular formula is C29H23N7O4. The molecule has 0 aliphatic carbocycles. The number of aromatic nitrogens is 2. The molecule has 3 amide bonds. The van der Waals surface area contributed by atoms with Gasteiger partial charge in [0, 0.05) is 30.0 Å². The molecule has 2 heterocycles. The van der Waals surface area contributed by atoms with Gasteiger partial charge in [-0.25, -0.2) is 9.78 Å². The van der Waals surface area contributed by atoms with Crippen LogP contribution in [0.1, 0.15) is 16.7 Å². The summed E-state index contributed by atoms with van der Waals surface area (Å²) in [7, 11) is 0. The first-order valence-electron chi connectivity index (χ1n) is 12.1. The Labute approximate surface area is 229 Å². The molecule has 11 heteroatoms. The number of para-hydroxylation sites is 2. The molecule has 0 unspecified atom stereocenters. The molecule has 3 aromatic carbocycles. The Balaban J connectivity index is 1.54. The van der Waals surface area contributed by atoms with Crippen LogP contribution >= 0.6 is 0 Å². The number of phenols is 2. The fraction of sp³-hybridized carbons (Fsp3) is 0.0690. The lowest BCUT2D eigenvalue weighted by atomic mass is 10.1. The molecule has 5 rings (SSSR count). The average molecular weight is 534 g/mol. The molecule has 1 aliphatic rings. The summed E-state index contributed by atoms with van der Waals surface area (Å²) in [6.45, 7) is 3.64. The number of nitriles is 1. The van der Waals surface area contributed by atoms with E-state index in [-0.39, 0.29) is 42.1 Å². The van der Waals surface area contributed by atoms with Crippen molar-refractivity contribution >= 4 is 40.8 Å². The summed E-state index contributed by atoms with van der Waals surface area (Å²) in [5.74, 6) is -0.237. The number of anilines is 5. The monoisotopic (exact) mass is 533 g/mol. The summed E-state index contributed by atoms with van der Waals surface area (Å²) in [5, 5.41) is 35.2. The normalized spacial score (nSPS) is 12.3. The van der Waals surface area contributed by atoms with Gasteiger partial charge in [-0.1, -0.05) is 30.8 Å². The molecule has 1 aromatic heterocycles. The van der Waals surface area contributed by atoms with Gasteiger partial charge in [0.05, 0.1) is 41.8 Å². The maximum absolute atomic E-state index is 13.8. The maximum Gasteiger partial charge on any atom is 0.330 e. The van der Waals surface area contributed by atoms with Crippen molar-refractivity contribution in [1.29, 1.82) is 5.26 Å². The van der Waals surface area contributed by atoms with Gasteiger partial charge >= 0.3 is 6.03 Å². The van der Waals surface area contributed by atoms with E-state index in [1.807, 2.05) is 0 Å². The number of benzene rings is 3. The van der Waals surface area contributed by atoms with Crippen LogP contribution in [-0.2, 0) is 17.9 Å². The molecule has 4 N–H and O–H groups in total. The first-order chi connectivity index (χ1) is 19.3. The number of fused-ring (bicyclic) bond motifs is 1. The van der Waals surface area contributed by atoms with E-state index >= 15 is 0 Å². The van der Waals surface area contributed by atoms with Crippen molar-refractivity contribution in [3.63, 3.8) is 0 Å². The zero-order chi connectivity index (χ0) is 28.2. The summed E-state index contributed by atoms with van der Waals surface area (Å²) in [5.41, 5.74) is 3.06. The minimum Gasteiger partial charge on any atom is -0.508 e. The number of carbonyl (C=O) groups excluding carboxylic acids is 2. The Morgan fingerprint density at radius 1 is 1.07 bits per heavy atom. The van der Waals surface area contributed by atoms with Crippen LogP contribution in [0.5, 0.6) is 11.5 Å². The van der Waals surface area contributed by atoms with Crippen molar-refractivity contribution in [1.82, 2.24) is 9.97 Å². The van der Waals surface area contributed by atoms with Gasteiger partial charge in [0.2, 0.25) is 11.9 Å². The van der Waals surface area contributed by atoms with Crippen molar-refractivity contribution in [2.75, 3.05) is 20.4 Å². The van der Waals surface area contributed by atoms with Gasteiger partial charge in [-0.15, -0.1) is 0 Å². The largest absolute Gasteiger partial charge is 0.508 e. The molecule has 0 spiro atoms. The van der Waals surface area contributed by atoms with Gasteiger partial charge in [-0.2, -0.15) is 10.2 Å². The van der Waals surface area contributed by atoms with Gasteiger partial charge in [-0.3, -0.25) is 14.6 Å². The van der Waals surface area contributed by atoms with Crippen LogP contribution in [0.3, 0.4) is 0 Å². The highest BCUT2D eigenvalue weighted by molar-refractivity contribution is 6.05. The van der Waals surface area contributed by atoms with Crippen molar-refractivity contribution in [2.45, 2.75) is 13.1 Å². The molecule has 0 radical (unpaired) electrons. The quantitative estimate of drug-likeness (QED) is 0.248. The summed E-state index contributed by atoms with van der Waals surface area (Å²) >= 11 is 0. The number of rotatable bonds is 7. The van der Waals surface area contributed by atoms with Gasteiger partial charge in [0.25, 0.3) is 0 Å². The first-order valence-corrected chi connectivity index (χ1v) is 12.1. The third-order valence-corrected chi connectivity index (χ3v) is 6.10. The van der Waals surface area contributed by atoms with Crippen LogP contribution in [0.25, 0.3) is 0 Å². The Morgan fingerprint density at radius 2 is 1.82 bits per heavy atom. The molecule has 4 aromatic rings. The highest BCUT2D eigenvalue weighted by Gasteiger charge is 2.34. The fourth-order valence-electron chi connectivity index (χ4n) is 4.28. The van der Waals surface area contributed by atoms with Crippen molar-refractivity contribution in [3.05, 3.63) is 102 Å². The van der Waals surface area contributed by atoms with Crippen LogP contribution in [0.4, 0.5) is 33.6 Å². The Morgan fingerprint density at radius 3 is 2.55 bits per heavy atom. The summed E-state index contributed by atoms with van der Waals surface area (Å²) in [4.78, 5) is 37.6. The standard InChI is InChI=1S/C29H23N7O4/c1-2-26(39)32-24-8-3-4-9-25(24)33-28-31-15-20-17-35(21-11-22(37)13-23(38)12-21)29(40)36(27(20)34-28)16-19-7-5-6-18(10-19)14-30/h2-13,15,37-38H,1,16-17H2,(H,32,39)(H,31,33,34).